The summed E-state index contributed by atoms with van der Waals surface area (Å²) in [4.78, 5) is 31.8. The lowest BCUT2D eigenvalue weighted by Crippen LogP contribution is -2.37. The Morgan fingerprint density at radius 3 is 2.38 bits per heavy atom. The molecule has 2 aliphatic rings. The van der Waals surface area contributed by atoms with Crippen LogP contribution in [0.5, 0.6) is 17.2 Å². The van der Waals surface area contributed by atoms with E-state index in [4.69, 9.17) is 14.2 Å². The number of Topliss-reactive ketones (excluding diaryl/α,β-unsaturated/α-hetero) is 1. The standard InChI is InChI=1S/C31H31N3O5/c1-18-28(31(36)34-21-6-5-13-32-17-21)29(24-16-23(38-3)11-12-27(24)39-4)30-25(33-18)14-20(15-26(30)35)19-7-9-22(37-2)10-8-19/h5-13,16-17,20,29,33H,14-15H2,1-4H3,(H,34,36). The second-order valence-corrected chi connectivity index (χ2v) is 9.59. The SMILES string of the molecule is COc1ccc(C2CC(=O)C3=C(C2)NC(C)=C(C(=O)Nc2cccnc2)C3c2cc(OC)ccc2OC)cc1. The normalized spacial score (nSPS) is 18.7. The van der Waals surface area contributed by atoms with Gasteiger partial charge in [0.15, 0.2) is 5.78 Å². The van der Waals surface area contributed by atoms with Crippen molar-refractivity contribution in [3.63, 3.8) is 0 Å². The molecule has 0 saturated carbocycles. The van der Waals surface area contributed by atoms with Gasteiger partial charge in [0.2, 0.25) is 0 Å². The summed E-state index contributed by atoms with van der Waals surface area (Å²) in [5, 5.41) is 6.37. The molecule has 1 aliphatic carbocycles. The number of ether oxygens (including phenoxy) is 3. The molecule has 1 amide bonds. The van der Waals surface area contributed by atoms with Gasteiger partial charge >= 0.3 is 0 Å². The molecule has 2 atom stereocenters. The summed E-state index contributed by atoms with van der Waals surface area (Å²) in [6, 6.07) is 16.8. The van der Waals surface area contributed by atoms with E-state index in [1.54, 1.807) is 58.0 Å². The highest BCUT2D eigenvalue weighted by molar-refractivity contribution is 6.10. The predicted octanol–water partition coefficient (Wildman–Crippen LogP) is 5.11. The van der Waals surface area contributed by atoms with Crippen LogP contribution in [0.4, 0.5) is 5.69 Å². The van der Waals surface area contributed by atoms with E-state index < -0.39 is 5.92 Å². The number of pyridine rings is 1. The smallest absolute Gasteiger partial charge is 0.254 e. The number of amides is 1. The summed E-state index contributed by atoms with van der Waals surface area (Å²) in [7, 11) is 4.80. The molecule has 5 rings (SSSR count). The number of anilines is 1. The van der Waals surface area contributed by atoms with Crippen molar-refractivity contribution in [1.82, 2.24) is 10.3 Å². The highest BCUT2D eigenvalue weighted by Gasteiger charge is 2.42. The fourth-order valence-electron chi connectivity index (χ4n) is 5.46. The lowest BCUT2D eigenvalue weighted by atomic mass is 9.71. The van der Waals surface area contributed by atoms with Crippen molar-refractivity contribution in [2.75, 3.05) is 26.6 Å². The number of dihydropyridines is 1. The average molecular weight is 526 g/mol. The predicted molar refractivity (Wildman–Crippen MR) is 148 cm³/mol. The Morgan fingerprint density at radius 1 is 0.974 bits per heavy atom. The van der Waals surface area contributed by atoms with Crippen LogP contribution >= 0.6 is 0 Å². The fraction of sp³-hybridized carbons (Fsp3) is 0.258. The molecule has 2 unspecified atom stereocenters. The summed E-state index contributed by atoms with van der Waals surface area (Å²) in [6.07, 6.45) is 4.18. The maximum Gasteiger partial charge on any atom is 0.254 e. The molecular formula is C31H31N3O5. The lowest BCUT2D eigenvalue weighted by Gasteiger charge is -2.37. The molecule has 2 aromatic carbocycles. The maximum absolute atomic E-state index is 13.9. The molecule has 0 fully saturated rings. The maximum atomic E-state index is 13.9. The number of rotatable bonds is 7. The minimum Gasteiger partial charge on any atom is -0.497 e. The van der Waals surface area contributed by atoms with Crippen molar-refractivity contribution in [3.8, 4) is 17.2 Å². The van der Waals surface area contributed by atoms with Crippen LogP contribution in [0.2, 0.25) is 0 Å². The summed E-state index contributed by atoms with van der Waals surface area (Å²) >= 11 is 0. The van der Waals surface area contributed by atoms with Gasteiger partial charge in [0.05, 0.1) is 39.1 Å². The summed E-state index contributed by atoms with van der Waals surface area (Å²) in [6.45, 7) is 1.86. The summed E-state index contributed by atoms with van der Waals surface area (Å²) < 4.78 is 16.5. The first-order chi connectivity index (χ1) is 18.9. The average Bonchev–Trinajstić information content (AvgIpc) is 2.96. The molecule has 3 aromatic rings. The Balaban J connectivity index is 1.60. The molecule has 0 spiro atoms. The van der Waals surface area contributed by atoms with Gasteiger partial charge in [0.25, 0.3) is 5.91 Å². The highest BCUT2D eigenvalue weighted by atomic mass is 16.5. The van der Waals surface area contributed by atoms with Crippen molar-refractivity contribution in [3.05, 3.63) is 101 Å². The number of aromatic nitrogens is 1. The van der Waals surface area contributed by atoms with Gasteiger partial charge in [-0.3, -0.25) is 14.6 Å². The number of benzene rings is 2. The number of allylic oxidation sites excluding steroid dienone is 3. The molecule has 39 heavy (non-hydrogen) atoms. The van der Waals surface area contributed by atoms with E-state index in [2.05, 4.69) is 15.6 Å². The summed E-state index contributed by atoms with van der Waals surface area (Å²) in [5.74, 6) is 0.964. The van der Waals surface area contributed by atoms with Gasteiger partial charge in [-0.05, 0) is 67.3 Å². The van der Waals surface area contributed by atoms with E-state index in [1.165, 1.54) is 0 Å². The van der Waals surface area contributed by atoms with Gasteiger partial charge in [0, 0.05) is 40.7 Å². The van der Waals surface area contributed by atoms with Crippen LogP contribution in [0.15, 0.2) is 89.5 Å². The molecule has 8 heteroatoms. The van der Waals surface area contributed by atoms with Crippen LogP contribution in [0, 0.1) is 0 Å². The van der Waals surface area contributed by atoms with Crippen molar-refractivity contribution >= 4 is 17.4 Å². The molecule has 2 heterocycles. The van der Waals surface area contributed by atoms with E-state index in [1.807, 2.05) is 37.3 Å². The number of hydrogen-bond donors (Lipinski definition) is 2. The van der Waals surface area contributed by atoms with E-state index in [0.29, 0.717) is 52.4 Å². The largest absolute Gasteiger partial charge is 0.497 e. The monoisotopic (exact) mass is 525 g/mol. The van der Waals surface area contributed by atoms with Gasteiger partial charge in [0.1, 0.15) is 17.2 Å². The molecule has 8 nitrogen and oxygen atoms in total. The summed E-state index contributed by atoms with van der Waals surface area (Å²) in [5.41, 5.74) is 4.83. The lowest BCUT2D eigenvalue weighted by molar-refractivity contribution is -0.116. The first-order valence-electron chi connectivity index (χ1n) is 12.7. The zero-order valence-corrected chi connectivity index (χ0v) is 22.4. The molecule has 0 saturated heterocycles. The van der Waals surface area contributed by atoms with Crippen LogP contribution in [0.1, 0.15) is 42.7 Å². The Hall–Kier alpha value is -4.59. The Kier molecular flexibility index (Phi) is 7.36. The van der Waals surface area contributed by atoms with E-state index in [0.717, 1.165) is 17.0 Å². The first kappa shape index (κ1) is 26.0. The van der Waals surface area contributed by atoms with Crippen LogP contribution in [-0.2, 0) is 9.59 Å². The number of carbonyl (C=O) groups excluding carboxylic acids is 2. The Morgan fingerprint density at radius 2 is 1.72 bits per heavy atom. The minimum atomic E-state index is -0.646. The molecular weight excluding hydrogens is 494 g/mol. The second-order valence-electron chi connectivity index (χ2n) is 9.59. The van der Waals surface area contributed by atoms with E-state index in [9.17, 15) is 9.59 Å². The number of methoxy groups -OCH3 is 3. The fourth-order valence-corrected chi connectivity index (χ4v) is 5.46. The van der Waals surface area contributed by atoms with E-state index >= 15 is 0 Å². The van der Waals surface area contributed by atoms with Gasteiger partial charge in [-0.15, -0.1) is 0 Å². The number of nitrogens with zero attached hydrogens (tertiary/aromatic N) is 1. The zero-order valence-electron chi connectivity index (χ0n) is 22.4. The van der Waals surface area contributed by atoms with Crippen molar-refractivity contribution in [1.29, 1.82) is 0 Å². The van der Waals surface area contributed by atoms with Crippen molar-refractivity contribution in [2.24, 2.45) is 0 Å². The van der Waals surface area contributed by atoms with Crippen LogP contribution < -0.4 is 24.8 Å². The van der Waals surface area contributed by atoms with Gasteiger partial charge in [-0.2, -0.15) is 0 Å². The second kappa shape index (κ2) is 11.0. The first-order valence-corrected chi connectivity index (χ1v) is 12.7. The van der Waals surface area contributed by atoms with E-state index in [-0.39, 0.29) is 17.6 Å². The molecule has 2 N–H and O–H groups in total. The number of hydrogen-bond acceptors (Lipinski definition) is 7. The Labute approximate surface area is 227 Å². The number of carbonyl (C=O) groups is 2. The van der Waals surface area contributed by atoms with Crippen molar-refractivity contribution < 1.29 is 23.8 Å². The Bertz CT molecular complexity index is 1460. The highest BCUT2D eigenvalue weighted by Crippen LogP contribution is 2.48. The quantitative estimate of drug-likeness (QED) is 0.442. The third-order valence-electron chi connectivity index (χ3n) is 7.33. The minimum absolute atomic E-state index is 0.00100. The van der Waals surface area contributed by atoms with Gasteiger partial charge < -0.3 is 24.8 Å². The number of nitrogens with one attached hydrogen (secondary N) is 2. The van der Waals surface area contributed by atoms with Crippen LogP contribution in [0.3, 0.4) is 0 Å². The van der Waals surface area contributed by atoms with Gasteiger partial charge in [-0.25, -0.2) is 0 Å². The molecule has 1 aliphatic heterocycles. The topological polar surface area (TPSA) is 98.8 Å². The number of ketones is 1. The molecule has 0 bridgehead atoms. The van der Waals surface area contributed by atoms with Gasteiger partial charge in [-0.1, -0.05) is 12.1 Å². The third kappa shape index (κ3) is 5.10. The van der Waals surface area contributed by atoms with Crippen LogP contribution in [-0.4, -0.2) is 38.0 Å². The van der Waals surface area contributed by atoms with Crippen molar-refractivity contribution in [2.45, 2.75) is 31.6 Å². The third-order valence-corrected chi connectivity index (χ3v) is 7.33. The molecule has 200 valence electrons. The molecule has 1 aromatic heterocycles. The molecule has 0 radical (unpaired) electrons. The zero-order chi connectivity index (χ0) is 27.5. The van der Waals surface area contributed by atoms with Crippen LogP contribution in [0.25, 0.3) is 0 Å².